The molecule has 1 aliphatic rings. The monoisotopic (exact) mass is 465 g/mol. The second-order valence-corrected chi connectivity index (χ2v) is 9.68. The van der Waals surface area contributed by atoms with Crippen LogP contribution in [0.15, 0.2) is 47.3 Å². The molecular weight excluding hydrogens is 434 g/mol. The van der Waals surface area contributed by atoms with Gasteiger partial charge in [0.1, 0.15) is 0 Å². The van der Waals surface area contributed by atoms with E-state index in [0.29, 0.717) is 17.7 Å². The molecule has 1 aromatic heterocycles. The second-order valence-electron chi connectivity index (χ2n) is 8.69. The standard InChI is InChI=1S/C26H31N3O3S/c1-3-14-28(16-8-17-29-24(30)20-10-4-5-11-21(20)25(29)31)15-7-6-9-19-12-13-22-23(18-19)33-26(32)27(22)2/h4-5,10-13,18H,3,6-9,14-17H2,1-2H3. The molecule has 33 heavy (non-hydrogen) atoms. The van der Waals surface area contributed by atoms with E-state index < -0.39 is 0 Å². The van der Waals surface area contributed by atoms with Crippen molar-refractivity contribution in [3.63, 3.8) is 0 Å². The molecule has 0 saturated heterocycles. The molecule has 3 aromatic rings. The number of benzene rings is 2. The van der Waals surface area contributed by atoms with Crippen molar-refractivity contribution in [2.45, 2.75) is 39.0 Å². The second kappa shape index (κ2) is 10.4. The Hall–Kier alpha value is -2.77. The minimum Gasteiger partial charge on any atom is -0.303 e. The van der Waals surface area contributed by atoms with Crippen molar-refractivity contribution in [2.24, 2.45) is 7.05 Å². The average molecular weight is 466 g/mol. The fourth-order valence-corrected chi connectivity index (χ4v) is 5.49. The van der Waals surface area contributed by atoms with Crippen LogP contribution >= 0.6 is 11.3 Å². The van der Waals surface area contributed by atoms with Gasteiger partial charge in [0.2, 0.25) is 0 Å². The number of fused-ring (bicyclic) bond motifs is 2. The van der Waals surface area contributed by atoms with Gasteiger partial charge in [-0.2, -0.15) is 0 Å². The normalized spacial score (nSPS) is 13.5. The number of carbonyl (C=O) groups is 2. The Bertz CT molecular complexity index is 1180. The highest BCUT2D eigenvalue weighted by Crippen LogP contribution is 2.23. The van der Waals surface area contributed by atoms with Gasteiger partial charge in [-0.1, -0.05) is 36.5 Å². The van der Waals surface area contributed by atoms with Gasteiger partial charge in [-0.15, -0.1) is 0 Å². The summed E-state index contributed by atoms with van der Waals surface area (Å²) < 4.78 is 2.76. The maximum Gasteiger partial charge on any atom is 0.307 e. The summed E-state index contributed by atoms with van der Waals surface area (Å²) in [7, 11) is 1.82. The molecule has 2 amide bonds. The Labute approximate surface area is 198 Å². The third kappa shape index (κ3) is 5.09. The molecule has 0 spiro atoms. The number of aromatic nitrogens is 1. The van der Waals surface area contributed by atoms with E-state index in [0.717, 1.165) is 62.0 Å². The number of hydrogen-bond acceptors (Lipinski definition) is 5. The lowest BCUT2D eigenvalue weighted by Gasteiger charge is -2.23. The van der Waals surface area contributed by atoms with Gasteiger partial charge < -0.3 is 9.47 Å². The fraction of sp³-hybridized carbons (Fsp3) is 0.423. The molecule has 2 heterocycles. The molecule has 2 aromatic carbocycles. The molecule has 0 fully saturated rings. The highest BCUT2D eigenvalue weighted by atomic mass is 32.1. The number of nitrogens with zero attached hydrogens (tertiary/aromatic N) is 3. The SMILES string of the molecule is CCCN(CCCCc1ccc2c(c1)sc(=O)n2C)CCCN1C(=O)c2ccccc2C1=O. The molecule has 0 aliphatic carbocycles. The molecule has 174 valence electrons. The van der Waals surface area contributed by atoms with Crippen LogP contribution in [0.25, 0.3) is 10.2 Å². The van der Waals surface area contributed by atoms with Crippen LogP contribution in [0.2, 0.25) is 0 Å². The molecule has 1 aliphatic heterocycles. The van der Waals surface area contributed by atoms with Crippen molar-refractivity contribution in [3.05, 3.63) is 68.8 Å². The molecule has 0 radical (unpaired) electrons. The van der Waals surface area contributed by atoms with Crippen LogP contribution in [0, 0.1) is 0 Å². The van der Waals surface area contributed by atoms with Crippen molar-refractivity contribution >= 4 is 33.4 Å². The fourth-order valence-electron chi connectivity index (χ4n) is 4.54. The van der Waals surface area contributed by atoms with Crippen LogP contribution in [-0.2, 0) is 13.5 Å². The number of unbranched alkanes of at least 4 members (excludes halogenated alkanes) is 1. The first-order valence-electron chi connectivity index (χ1n) is 11.8. The van der Waals surface area contributed by atoms with Crippen LogP contribution in [0.1, 0.15) is 58.9 Å². The van der Waals surface area contributed by atoms with E-state index in [4.69, 9.17) is 0 Å². The summed E-state index contributed by atoms with van der Waals surface area (Å²) in [6, 6.07) is 13.4. The van der Waals surface area contributed by atoms with E-state index in [2.05, 4.69) is 24.0 Å². The Morgan fingerprint density at radius 2 is 1.58 bits per heavy atom. The number of carbonyl (C=O) groups excluding carboxylic acids is 2. The Balaban J connectivity index is 1.23. The van der Waals surface area contributed by atoms with Crippen LogP contribution in [0.3, 0.4) is 0 Å². The Morgan fingerprint density at radius 1 is 0.879 bits per heavy atom. The lowest BCUT2D eigenvalue weighted by molar-refractivity contribution is 0.0647. The summed E-state index contributed by atoms with van der Waals surface area (Å²) in [5.74, 6) is -0.337. The van der Waals surface area contributed by atoms with E-state index >= 15 is 0 Å². The zero-order chi connectivity index (χ0) is 23.4. The van der Waals surface area contributed by atoms with E-state index in [-0.39, 0.29) is 16.7 Å². The molecule has 4 rings (SSSR count). The molecular formula is C26H31N3O3S. The van der Waals surface area contributed by atoms with Gasteiger partial charge in [0.15, 0.2) is 0 Å². The predicted molar refractivity (Wildman–Crippen MR) is 133 cm³/mol. The predicted octanol–water partition coefficient (Wildman–Crippen LogP) is 4.32. The maximum atomic E-state index is 12.5. The first-order valence-corrected chi connectivity index (χ1v) is 12.6. The minimum absolute atomic E-state index is 0.0820. The van der Waals surface area contributed by atoms with Gasteiger partial charge in [0.05, 0.1) is 21.3 Å². The van der Waals surface area contributed by atoms with Crippen molar-refractivity contribution in [1.82, 2.24) is 14.4 Å². The van der Waals surface area contributed by atoms with E-state index in [1.165, 1.54) is 21.8 Å². The lowest BCUT2D eigenvalue weighted by atomic mass is 10.1. The van der Waals surface area contributed by atoms with E-state index in [1.54, 1.807) is 28.8 Å². The quantitative estimate of drug-likeness (QED) is 0.313. The summed E-state index contributed by atoms with van der Waals surface area (Å²) in [6.45, 7) is 5.55. The maximum absolute atomic E-state index is 12.5. The zero-order valence-corrected chi connectivity index (χ0v) is 20.2. The van der Waals surface area contributed by atoms with Gasteiger partial charge in [0, 0.05) is 13.6 Å². The molecule has 0 saturated carbocycles. The summed E-state index contributed by atoms with van der Waals surface area (Å²) in [5, 5.41) is 0. The smallest absolute Gasteiger partial charge is 0.303 e. The molecule has 0 N–H and O–H groups in total. The Morgan fingerprint density at radius 3 is 2.27 bits per heavy atom. The van der Waals surface area contributed by atoms with Gasteiger partial charge >= 0.3 is 4.87 Å². The molecule has 0 atom stereocenters. The van der Waals surface area contributed by atoms with Gasteiger partial charge in [-0.05, 0) is 81.6 Å². The lowest BCUT2D eigenvalue weighted by Crippen LogP contribution is -2.34. The van der Waals surface area contributed by atoms with Crippen molar-refractivity contribution in [3.8, 4) is 0 Å². The highest BCUT2D eigenvalue weighted by Gasteiger charge is 2.34. The van der Waals surface area contributed by atoms with Crippen LogP contribution in [-0.4, -0.2) is 52.4 Å². The number of imide groups is 1. The van der Waals surface area contributed by atoms with Gasteiger partial charge in [-0.3, -0.25) is 19.3 Å². The third-order valence-corrected chi connectivity index (χ3v) is 7.32. The Kier molecular flexibility index (Phi) is 7.40. The number of thiazole rings is 1. The number of amides is 2. The summed E-state index contributed by atoms with van der Waals surface area (Å²) >= 11 is 1.31. The summed E-state index contributed by atoms with van der Waals surface area (Å²) in [5.41, 5.74) is 3.32. The summed E-state index contributed by atoms with van der Waals surface area (Å²) in [4.78, 5) is 40.8. The molecule has 0 unspecified atom stereocenters. The van der Waals surface area contributed by atoms with Crippen LogP contribution in [0.4, 0.5) is 0 Å². The first-order chi connectivity index (χ1) is 16.0. The van der Waals surface area contributed by atoms with Crippen LogP contribution < -0.4 is 4.87 Å². The van der Waals surface area contributed by atoms with E-state index in [1.807, 2.05) is 13.1 Å². The highest BCUT2D eigenvalue weighted by molar-refractivity contribution is 7.16. The van der Waals surface area contributed by atoms with Gasteiger partial charge in [0.25, 0.3) is 11.8 Å². The van der Waals surface area contributed by atoms with Crippen molar-refractivity contribution < 1.29 is 9.59 Å². The van der Waals surface area contributed by atoms with Gasteiger partial charge in [-0.25, -0.2) is 0 Å². The molecule has 6 nitrogen and oxygen atoms in total. The van der Waals surface area contributed by atoms with E-state index in [9.17, 15) is 14.4 Å². The van der Waals surface area contributed by atoms with Crippen molar-refractivity contribution in [1.29, 1.82) is 0 Å². The molecule has 0 bridgehead atoms. The zero-order valence-electron chi connectivity index (χ0n) is 19.4. The average Bonchev–Trinajstić information content (AvgIpc) is 3.24. The number of hydrogen-bond donors (Lipinski definition) is 0. The largest absolute Gasteiger partial charge is 0.307 e. The number of rotatable bonds is 11. The van der Waals surface area contributed by atoms with Crippen LogP contribution in [0.5, 0.6) is 0 Å². The first kappa shape index (κ1) is 23.4. The van der Waals surface area contributed by atoms with Crippen molar-refractivity contribution in [2.75, 3.05) is 26.2 Å². The minimum atomic E-state index is -0.168. The number of aryl methyl sites for hydroxylation is 2. The topological polar surface area (TPSA) is 62.6 Å². The third-order valence-electron chi connectivity index (χ3n) is 6.32. The molecule has 7 heteroatoms. The summed E-state index contributed by atoms with van der Waals surface area (Å²) in [6.07, 6.45) is 5.05.